The zero-order chi connectivity index (χ0) is 28.2. The van der Waals surface area contributed by atoms with Crippen molar-refractivity contribution in [3.05, 3.63) is 80.5 Å². The Hall–Kier alpha value is -3.21. The predicted octanol–water partition coefficient (Wildman–Crippen LogP) is 7.30. The minimum atomic E-state index is -4.71. The number of amides is 1. The lowest BCUT2D eigenvalue weighted by Crippen LogP contribution is -2.30. The minimum absolute atomic E-state index is 0.0105. The van der Waals surface area contributed by atoms with Crippen LogP contribution in [0, 0.1) is 12.8 Å². The molecule has 0 heterocycles. The van der Waals surface area contributed by atoms with E-state index in [0.29, 0.717) is 28.4 Å². The number of nitrogens with zero attached hydrogens (tertiary/aromatic N) is 2. The zero-order valence-electron chi connectivity index (χ0n) is 19.8. The van der Waals surface area contributed by atoms with Crippen LogP contribution >= 0.6 is 34.8 Å². The van der Waals surface area contributed by atoms with Gasteiger partial charge in [-0.2, -0.15) is 23.4 Å². The van der Waals surface area contributed by atoms with E-state index in [2.05, 4.69) is 15.5 Å². The SMILES string of the molecule is CC(=O)C(N=NC1=C(Cl)C=CC(C(=O)Nc2cccc(Cl)c2C)C1)C(=O)Oc1cc(C(F)(F)F)ccc1Cl. The third-order valence-electron chi connectivity index (χ3n) is 5.40. The number of Topliss-reactive ketones (excluding diaryl/α,β-unsaturated/α-hetero) is 1. The highest BCUT2D eigenvalue weighted by Gasteiger charge is 2.33. The molecule has 0 saturated heterocycles. The molecule has 0 bridgehead atoms. The van der Waals surface area contributed by atoms with E-state index in [-0.39, 0.29) is 28.1 Å². The van der Waals surface area contributed by atoms with Crippen molar-refractivity contribution in [1.29, 1.82) is 0 Å². The van der Waals surface area contributed by atoms with Crippen LogP contribution in [0.4, 0.5) is 18.9 Å². The van der Waals surface area contributed by atoms with Crippen LogP contribution in [0.2, 0.25) is 10.0 Å². The number of benzene rings is 2. The van der Waals surface area contributed by atoms with Crippen LogP contribution in [-0.2, 0) is 20.6 Å². The van der Waals surface area contributed by atoms with Gasteiger partial charge in [-0.25, -0.2) is 4.79 Å². The predicted molar refractivity (Wildman–Crippen MR) is 136 cm³/mol. The number of anilines is 1. The van der Waals surface area contributed by atoms with Crippen molar-refractivity contribution in [3.8, 4) is 5.75 Å². The van der Waals surface area contributed by atoms with Gasteiger partial charge in [-0.3, -0.25) is 9.59 Å². The van der Waals surface area contributed by atoms with Crippen molar-refractivity contribution < 1.29 is 32.3 Å². The summed E-state index contributed by atoms with van der Waals surface area (Å²) in [6, 6.07) is 5.40. The molecule has 0 aliphatic heterocycles. The van der Waals surface area contributed by atoms with Crippen LogP contribution in [0.3, 0.4) is 0 Å². The summed E-state index contributed by atoms with van der Waals surface area (Å²) >= 11 is 18.1. The summed E-state index contributed by atoms with van der Waals surface area (Å²) in [7, 11) is 0. The lowest BCUT2D eigenvalue weighted by Gasteiger charge is -2.18. The molecule has 0 spiro atoms. The molecule has 2 unspecified atom stereocenters. The Kier molecular flexibility index (Phi) is 9.35. The molecule has 2 aromatic rings. The number of esters is 1. The third kappa shape index (κ3) is 7.21. The van der Waals surface area contributed by atoms with Crippen molar-refractivity contribution in [2.45, 2.75) is 32.5 Å². The number of carbonyl (C=O) groups excluding carboxylic acids is 3. The molecule has 1 aliphatic carbocycles. The van der Waals surface area contributed by atoms with E-state index < -0.39 is 41.2 Å². The summed E-state index contributed by atoms with van der Waals surface area (Å²) in [6.07, 6.45) is -1.73. The van der Waals surface area contributed by atoms with Crippen LogP contribution in [-0.4, -0.2) is 23.7 Å². The number of carbonyl (C=O) groups is 3. The smallest absolute Gasteiger partial charge is 0.416 e. The average Bonchev–Trinajstić information content (AvgIpc) is 2.83. The van der Waals surface area contributed by atoms with Gasteiger partial charge in [0.1, 0.15) is 5.75 Å². The van der Waals surface area contributed by atoms with Gasteiger partial charge < -0.3 is 10.1 Å². The number of rotatable bonds is 7. The molecule has 1 N–H and O–H groups in total. The van der Waals surface area contributed by atoms with Gasteiger partial charge in [0.15, 0.2) is 5.78 Å². The van der Waals surface area contributed by atoms with E-state index in [4.69, 9.17) is 39.5 Å². The number of hydrogen-bond acceptors (Lipinski definition) is 6. The van der Waals surface area contributed by atoms with Gasteiger partial charge >= 0.3 is 12.1 Å². The maximum atomic E-state index is 13.0. The number of hydrogen-bond donors (Lipinski definition) is 1. The Labute approximate surface area is 230 Å². The molecule has 1 amide bonds. The maximum absolute atomic E-state index is 13.0. The first-order valence-electron chi connectivity index (χ1n) is 10.9. The number of allylic oxidation sites excluding steroid dienone is 3. The maximum Gasteiger partial charge on any atom is 0.416 e. The molecule has 0 fully saturated rings. The highest BCUT2D eigenvalue weighted by molar-refractivity contribution is 6.32. The Bertz CT molecular complexity index is 1370. The Morgan fingerprint density at radius 1 is 1.11 bits per heavy atom. The fourth-order valence-electron chi connectivity index (χ4n) is 3.25. The number of ether oxygens (including phenoxy) is 1. The number of azo groups is 1. The molecule has 7 nitrogen and oxygen atoms in total. The van der Waals surface area contributed by atoms with Crippen LogP contribution in [0.5, 0.6) is 5.75 Å². The second kappa shape index (κ2) is 12.1. The molecular weight excluding hydrogens is 570 g/mol. The lowest BCUT2D eigenvalue weighted by molar-refractivity contribution is -0.141. The Morgan fingerprint density at radius 3 is 2.47 bits per heavy atom. The molecule has 0 aromatic heterocycles. The molecular formula is C25H19Cl3F3N3O4. The summed E-state index contributed by atoms with van der Waals surface area (Å²) in [5.41, 5.74) is 0.203. The molecule has 38 heavy (non-hydrogen) atoms. The minimum Gasteiger partial charge on any atom is -0.423 e. The summed E-state index contributed by atoms with van der Waals surface area (Å²) in [4.78, 5) is 37.5. The van der Waals surface area contributed by atoms with Crippen molar-refractivity contribution in [1.82, 2.24) is 0 Å². The first-order valence-corrected chi connectivity index (χ1v) is 12.0. The molecule has 13 heteroatoms. The molecule has 0 saturated carbocycles. The van der Waals surface area contributed by atoms with Crippen LogP contribution in [0.1, 0.15) is 24.5 Å². The highest BCUT2D eigenvalue weighted by atomic mass is 35.5. The van der Waals surface area contributed by atoms with E-state index in [1.807, 2.05) is 0 Å². The molecule has 3 rings (SSSR count). The standard InChI is InChI=1S/C25H19Cl3F3N3O4/c1-12-16(26)4-3-5-19(12)32-23(36)14-6-8-17(27)20(10-14)33-34-22(13(2)35)24(37)38-21-11-15(25(29,30)31)7-9-18(21)28/h3-9,11,14,22H,10H2,1-2H3,(H,32,36). The number of nitrogens with one attached hydrogen (secondary N) is 1. The molecule has 0 radical (unpaired) electrons. The van der Waals surface area contributed by atoms with Crippen LogP contribution in [0.15, 0.2) is 69.5 Å². The van der Waals surface area contributed by atoms with E-state index >= 15 is 0 Å². The number of alkyl halides is 3. The van der Waals surface area contributed by atoms with Gasteiger partial charge in [-0.15, -0.1) is 0 Å². The average molecular weight is 589 g/mol. The number of halogens is 6. The van der Waals surface area contributed by atoms with E-state index in [1.165, 1.54) is 6.08 Å². The zero-order valence-corrected chi connectivity index (χ0v) is 22.0. The Balaban J connectivity index is 1.75. The van der Waals surface area contributed by atoms with Gasteiger partial charge in [-0.05, 0) is 55.8 Å². The third-order valence-corrected chi connectivity index (χ3v) is 6.46. The van der Waals surface area contributed by atoms with Gasteiger partial charge in [0, 0.05) is 17.1 Å². The van der Waals surface area contributed by atoms with Crippen molar-refractivity contribution in [2.24, 2.45) is 16.1 Å². The Morgan fingerprint density at radius 2 is 1.82 bits per heavy atom. The summed E-state index contributed by atoms with van der Waals surface area (Å²) in [6.45, 7) is 2.78. The molecule has 2 aromatic carbocycles. The van der Waals surface area contributed by atoms with E-state index in [1.54, 1.807) is 31.2 Å². The van der Waals surface area contributed by atoms with Crippen molar-refractivity contribution >= 4 is 58.1 Å². The normalized spacial score (nSPS) is 16.5. The molecule has 2 atom stereocenters. The topological polar surface area (TPSA) is 97.2 Å². The van der Waals surface area contributed by atoms with Gasteiger partial charge in [0.25, 0.3) is 0 Å². The quantitative estimate of drug-likeness (QED) is 0.159. The number of ketones is 1. The van der Waals surface area contributed by atoms with Crippen LogP contribution in [0.25, 0.3) is 0 Å². The highest BCUT2D eigenvalue weighted by Crippen LogP contribution is 2.35. The van der Waals surface area contributed by atoms with Crippen molar-refractivity contribution in [2.75, 3.05) is 5.32 Å². The summed E-state index contributed by atoms with van der Waals surface area (Å²) in [5, 5.41) is 10.7. The van der Waals surface area contributed by atoms with Gasteiger partial charge in [0.2, 0.25) is 11.9 Å². The first-order chi connectivity index (χ1) is 17.8. The summed E-state index contributed by atoms with van der Waals surface area (Å²) in [5.74, 6) is -3.78. The second-order valence-electron chi connectivity index (χ2n) is 8.16. The summed E-state index contributed by atoms with van der Waals surface area (Å²) < 4.78 is 44.0. The van der Waals surface area contributed by atoms with Gasteiger partial charge in [0.05, 0.1) is 27.2 Å². The molecule has 200 valence electrons. The largest absolute Gasteiger partial charge is 0.423 e. The fourth-order valence-corrected chi connectivity index (χ4v) is 3.77. The monoisotopic (exact) mass is 587 g/mol. The fraction of sp³-hybridized carbons (Fsp3) is 0.240. The second-order valence-corrected chi connectivity index (χ2v) is 9.38. The van der Waals surface area contributed by atoms with E-state index in [0.717, 1.165) is 13.0 Å². The lowest BCUT2D eigenvalue weighted by atomic mass is 9.97. The van der Waals surface area contributed by atoms with E-state index in [9.17, 15) is 27.6 Å². The molecule has 1 aliphatic rings. The first kappa shape index (κ1) is 29.3. The van der Waals surface area contributed by atoms with Crippen LogP contribution < -0.4 is 10.1 Å². The van der Waals surface area contributed by atoms with Gasteiger partial charge in [-0.1, -0.05) is 46.9 Å². The van der Waals surface area contributed by atoms with Crippen molar-refractivity contribution in [3.63, 3.8) is 0 Å².